The summed E-state index contributed by atoms with van der Waals surface area (Å²) in [4.78, 5) is 24.4. The molecule has 1 N–H and O–H groups in total. The number of aryl methyl sites for hydroxylation is 3. The third-order valence-corrected chi connectivity index (χ3v) is 5.76. The zero-order valence-electron chi connectivity index (χ0n) is 18.1. The van der Waals surface area contributed by atoms with E-state index >= 15 is 0 Å². The minimum Gasteiger partial charge on any atom is -0.410 e. The summed E-state index contributed by atoms with van der Waals surface area (Å²) < 4.78 is 5.59. The number of amides is 1. The van der Waals surface area contributed by atoms with E-state index < -0.39 is 0 Å². The topological polar surface area (TPSA) is 61.5 Å². The lowest BCUT2D eigenvalue weighted by atomic mass is 10.1. The van der Waals surface area contributed by atoms with Crippen LogP contribution in [0, 0.1) is 6.92 Å². The average molecular weight is 419 g/mol. The van der Waals surface area contributed by atoms with Crippen molar-refractivity contribution in [1.82, 2.24) is 19.8 Å². The maximum atomic E-state index is 12.5. The summed E-state index contributed by atoms with van der Waals surface area (Å²) in [5.74, 6) is 0.594. The summed E-state index contributed by atoms with van der Waals surface area (Å²) in [5, 5.41) is 0. The van der Waals surface area contributed by atoms with Crippen molar-refractivity contribution >= 4 is 6.09 Å². The summed E-state index contributed by atoms with van der Waals surface area (Å²) in [7, 11) is 0. The minimum absolute atomic E-state index is 0.263. The van der Waals surface area contributed by atoms with Crippen LogP contribution in [0.25, 0.3) is 0 Å². The highest BCUT2D eigenvalue weighted by Crippen LogP contribution is 2.16. The van der Waals surface area contributed by atoms with E-state index in [0.29, 0.717) is 18.8 Å². The first-order chi connectivity index (χ1) is 15.2. The minimum atomic E-state index is -0.263. The SMILES string of the molecule is Cc1ccc(CCc2ccc(OC(=O)N3CCN(CCc4ccc[nH]4)CC3)cc2)nc1. The lowest BCUT2D eigenvalue weighted by molar-refractivity contribution is 0.111. The molecule has 3 heterocycles. The number of pyridine rings is 1. The van der Waals surface area contributed by atoms with Gasteiger partial charge in [0.2, 0.25) is 0 Å². The van der Waals surface area contributed by atoms with Crippen molar-refractivity contribution in [3.8, 4) is 5.75 Å². The van der Waals surface area contributed by atoms with Gasteiger partial charge in [0.05, 0.1) is 0 Å². The Morgan fingerprint density at radius 3 is 2.48 bits per heavy atom. The number of ether oxygens (including phenoxy) is 1. The Bertz CT molecular complexity index is 944. The fraction of sp³-hybridized carbons (Fsp3) is 0.360. The highest BCUT2D eigenvalue weighted by molar-refractivity contribution is 5.70. The molecule has 162 valence electrons. The first kappa shape index (κ1) is 21.1. The van der Waals surface area contributed by atoms with Gasteiger partial charge in [0, 0.05) is 62.9 Å². The number of piperazine rings is 1. The van der Waals surface area contributed by atoms with Gasteiger partial charge in [-0.05, 0) is 61.2 Å². The van der Waals surface area contributed by atoms with Gasteiger partial charge in [0.25, 0.3) is 0 Å². The smallest absolute Gasteiger partial charge is 0.410 e. The molecule has 1 aromatic carbocycles. The molecule has 31 heavy (non-hydrogen) atoms. The van der Waals surface area contributed by atoms with Crippen molar-refractivity contribution in [3.63, 3.8) is 0 Å². The molecule has 1 saturated heterocycles. The summed E-state index contributed by atoms with van der Waals surface area (Å²) >= 11 is 0. The molecule has 2 aromatic heterocycles. The Kier molecular flexibility index (Phi) is 6.99. The van der Waals surface area contributed by atoms with E-state index in [-0.39, 0.29) is 6.09 Å². The van der Waals surface area contributed by atoms with E-state index in [1.807, 2.05) is 49.6 Å². The second kappa shape index (κ2) is 10.3. The molecule has 0 aliphatic carbocycles. The standard InChI is InChI=1S/C25H30N4O2/c1-20-4-8-23(27-19-20)9-5-21-6-10-24(11-7-21)31-25(30)29-17-15-28(16-18-29)14-12-22-3-2-13-26-22/h2-4,6-8,10-11,13,19,26H,5,9,12,14-18H2,1H3. The molecule has 0 atom stereocenters. The fourth-order valence-electron chi connectivity index (χ4n) is 3.76. The number of aromatic amines is 1. The van der Waals surface area contributed by atoms with Crippen LogP contribution < -0.4 is 4.74 Å². The number of rotatable bonds is 7. The van der Waals surface area contributed by atoms with Crippen molar-refractivity contribution in [2.75, 3.05) is 32.7 Å². The third kappa shape index (κ3) is 6.18. The van der Waals surface area contributed by atoms with Gasteiger partial charge in [-0.1, -0.05) is 18.2 Å². The van der Waals surface area contributed by atoms with E-state index in [9.17, 15) is 4.79 Å². The molecule has 6 nitrogen and oxygen atoms in total. The first-order valence-corrected chi connectivity index (χ1v) is 11.0. The second-order valence-corrected chi connectivity index (χ2v) is 8.11. The van der Waals surface area contributed by atoms with Crippen LogP contribution in [-0.4, -0.2) is 58.6 Å². The molecule has 0 radical (unpaired) electrons. The quantitative estimate of drug-likeness (QED) is 0.633. The number of H-pyrrole nitrogens is 1. The van der Waals surface area contributed by atoms with Crippen LogP contribution in [0.5, 0.6) is 5.75 Å². The number of carbonyl (C=O) groups excluding carboxylic acids is 1. The molecule has 0 spiro atoms. The highest BCUT2D eigenvalue weighted by atomic mass is 16.6. The van der Waals surface area contributed by atoms with Crippen LogP contribution in [-0.2, 0) is 19.3 Å². The summed E-state index contributed by atoms with van der Waals surface area (Å²) in [6.07, 6.45) is 6.41. The number of hydrogen-bond acceptors (Lipinski definition) is 4. The molecule has 3 aromatic rings. The molecule has 0 bridgehead atoms. The van der Waals surface area contributed by atoms with Gasteiger partial charge in [-0.15, -0.1) is 0 Å². The maximum Gasteiger partial charge on any atom is 0.415 e. The van der Waals surface area contributed by atoms with Crippen LogP contribution in [0.15, 0.2) is 60.9 Å². The number of benzene rings is 1. The Hall–Kier alpha value is -3.12. The van der Waals surface area contributed by atoms with Crippen molar-refractivity contribution in [1.29, 1.82) is 0 Å². The number of nitrogens with zero attached hydrogens (tertiary/aromatic N) is 3. The normalized spacial score (nSPS) is 14.5. The zero-order chi connectivity index (χ0) is 21.5. The summed E-state index contributed by atoms with van der Waals surface area (Å²) in [6, 6.07) is 16.1. The predicted molar refractivity (Wildman–Crippen MR) is 121 cm³/mol. The molecule has 6 heteroatoms. The predicted octanol–water partition coefficient (Wildman–Crippen LogP) is 3.86. The van der Waals surface area contributed by atoms with Crippen molar-refractivity contribution < 1.29 is 9.53 Å². The number of hydrogen-bond donors (Lipinski definition) is 1. The van der Waals surface area contributed by atoms with Gasteiger partial charge in [0.1, 0.15) is 5.75 Å². The average Bonchev–Trinajstić information content (AvgIpc) is 3.32. The molecular weight excluding hydrogens is 388 g/mol. The van der Waals surface area contributed by atoms with Crippen LogP contribution in [0.2, 0.25) is 0 Å². The van der Waals surface area contributed by atoms with E-state index in [2.05, 4.69) is 33.1 Å². The Labute approximate surface area is 183 Å². The van der Waals surface area contributed by atoms with Gasteiger partial charge in [0.15, 0.2) is 0 Å². The Morgan fingerprint density at radius 2 is 1.81 bits per heavy atom. The Morgan fingerprint density at radius 1 is 1.00 bits per heavy atom. The van der Waals surface area contributed by atoms with E-state index in [0.717, 1.165) is 44.6 Å². The monoisotopic (exact) mass is 418 g/mol. The highest BCUT2D eigenvalue weighted by Gasteiger charge is 2.22. The molecule has 1 aliphatic heterocycles. The van der Waals surface area contributed by atoms with Crippen molar-refractivity contribution in [2.45, 2.75) is 26.2 Å². The molecule has 4 rings (SSSR count). The van der Waals surface area contributed by atoms with E-state index in [4.69, 9.17) is 4.74 Å². The maximum absolute atomic E-state index is 12.5. The largest absolute Gasteiger partial charge is 0.415 e. The fourth-order valence-corrected chi connectivity index (χ4v) is 3.76. The molecule has 1 amide bonds. The van der Waals surface area contributed by atoms with Gasteiger partial charge in [-0.3, -0.25) is 9.88 Å². The summed E-state index contributed by atoms with van der Waals surface area (Å²) in [6.45, 7) is 6.20. The van der Waals surface area contributed by atoms with E-state index in [1.165, 1.54) is 16.8 Å². The van der Waals surface area contributed by atoms with Crippen LogP contribution in [0.1, 0.15) is 22.5 Å². The number of carbonyl (C=O) groups is 1. The van der Waals surface area contributed by atoms with Crippen LogP contribution in [0.4, 0.5) is 4.79 Å². The third-order valence-electron chi connectivity index (χ3n) is 5.76. The van der Waals surface area contributed by atoms with Crippen molar-refractivity contribution in [2.24, 2.45) is 0 Å². The van der Waals surface area contributed by atoms with Gasteiger partial charge in [-0.25, -0.2) is 4.79 Å². The number of aromatic nitrogens is 2. The molecule has 1 aliphatic rings. The molecule has 1 fully saturated rings. The van der Waals surface area contributed by atoms with Gasteiger partial charge >= 0.3 is 6.09 Å². The summed E-state index contributed by atoms with van der Waals surface area (Å²) in [5.41, 5.74) is 4.72. The van der Waals surface area contributed by atoms with Crippen LogP contribution >= 0.6 is 0 Å². The van der Waals surface area contributed by atoms with Gasteiger partial charge in [-0.2, -0.15) is 0 Å². The lowest BCUT2D eigenvalue weighted by Crippen LogP contribution is -2.49. The lowest BCUT2D eigenvalue weighted by Gasteiger charge is -2.33. The van der Waals surface area contributed by atoms with E-state index in [1.54, 1.807) is 4.90 Å². The molecule has 0 unspecified atom stereocenters. The zero-order valence-corrected chi connectivity index (χ0v) is 18.1. The first-order valence-electron chi connectivity index (χ1n) is 11.0. The van der Waals surface area contributed by atoms with Crippen molar-refractivity contribution in [3.05, 3.63) is 83.4 Å². The second-order valence-electron chi connectivity index (χ2n) is 8.11. The van der Waals surface area contributed by atoms with Gasteiger partial charge < -0.3 is 14.6 Å². The van der Waals surface area contributed by atoms with Crippen LogP contribution in [0.3, 0.4) is 0 Å². The Balaban J connectivity index is 1.19. The molecular formula is C25H30N4O2. The number of nitrogens with one attached hydrogen (secondary N) is 1. The molecule has 0 saturated carbocycles.